The summed E-state index contributed by atoms with van der Waals surface area (Å²) in [6, 6.07) is 9.69. The number of ether oxygens (including phenoxy) is 2. The number of nitrogens with zero attached hydrogens (tertiary/aromatic N) is 2. The van der Waals surface area contributed by atoms with Gasteiger partial charge in [-0.1, -0.05) is 6.07 Å². The van der Waals surface area contributed by atoms with E-state index in [1.165, 1.54) is 5.56 Å². The van der Waals surface area contributed by atoms with Gasteiger partial charge in [-0.25, -0.2) is 0 Å². The standard InChI is InChI=1S/C19H22N2O3/c1-2-21(10-7-15-5-8-20-9-6-15)19(22)14-16-3-4-17-18(13-16)24-12-11-23-17/h3-6,8-9,13H,2,7,10-12,14H2,1H3. The number of hydrogen-bond donors (Lipinski definition) is 0. The second-order valence-electron chi connectivity index (χ2n) is 5.73. The van der Waals surface area contributed by atoms with Crippen LogP contribution in [0.2, 0.25) is 0 Å². The van der Waals surface area contributed by atoms with E-state index in [-0.39, 0.29) is 5.91 Å². The lowest BCUT2D eigenvalue weighted by Crippen LogP contribution is -2.34. The molecule has 24 heavy (non-hydrogen) atoms. The SMILES string of the molecule is CCN(CCc1ccncc1)C(=O)Cc1ccc2c(c1)OCCO2. The van der Waals surface area contributed by atoms with Crippen molar-refractivity contribution in [3.8, 4) is 11.5 Å². The topological polar surface area (TPSA) is 51.7 Å². The molecule has 5 nitrogen and oxygen atoms in total. The zero-order valence-corrected chi connectivity index (χ0v) is 13.9. The first-order chi connectivity index (χ1) is 11.8. The number of hydrogen-bond acceptors (Lipinski definition) is 4. The predicted molar refractivity (Wildman–Crippen MR) is 91.3 cm³/mol. The fraction of sp³-hybridized carbons (Fsp3) is 0.368. The van der Waals surface area contributed by atoms with Crippen LogP contribution in [-0.2, 0) is 17.6 Å². The van der Waals surface area contributed by atoms with E-state index >= 15 is 0 Å². The van der Waals surface area contributed by atoms with Gasteiger partial charge in [-0.15, -0.1) is 0 Å². The lowest BCUT2D eigenvalue weighted by molar-refractivity contribution is -0.130. The summed E-state index contributed by atoms with van der Waals surface area (Å²) < 4.78 is 11.1. The van der Waals surface area contributed by atoms with Crippen LogP contribution in [-0.4, -0.2) is 42.1 Å². The molecule has 0 N–H and O–H groups in total. The Morgan fingerprint density at radius 2 is 1.83 bits per heavy atom. The fourth-order valence-corrected chi connectivity index (χ4v) is 2.76. The fourth-order valence-electron chi connectivity index (χ4n) is 2.76. The van der Waals surface area contributed by atoms with E-state index in [0.717, 1.165) is 23.5 Å². The van der Waals surface area contributed by atoms with Gasteiger partial charge in [0.15, 0.2) is 11.5 Å². The van der Waals surface area contributed by atoms with E-state index in [2.05, 4.69) is 4.98 Å². The number of aromatic nitrogens is 1. The maximum absolute atomic E-state index is 12.6. The number of pyridine rings is 1. The monoisotopic (exact) mass is 326 g/mol. The Kier molecular flexibility index (Phi) is 5.31. The molecule has 0 fully saturated rings. The third-order valence-electron chi connectivity index (χ3n) is 4.12. The number of benzene rings is 1. The van der Waals surface area contributed by atoms with Crippen LogP contribution in [0.5, 0.6) is 11.5 Å². The van der Waals surface area contributed by atoms with Gasteiger partial charge in [0, 0.05) is 25.5 Å². The molecule has 2 aromatic rings. The summed E-state index contributed by atoms with van der Waals surface area (Å²) in [7, 11) is 0. The highest BCUT2D eigenvalue weighted by Gasteiger charge is 2.16. The summed E-state index contributed by atoms with van der Waals surface area (Å²) >= 11 is 0. The highest BCUT2D eigenvalue weighted by molar-refractivity contribution is 5.79. The first kappa shape index (κ1) is 16.3. The van der Waals surface area contributed by atoms with Crippen molar-refractivity contribution in [2.75, 3.05) is 26.3 Å². The molecule has 0 saturated heterocycles. The van der Waals surface area contributed by atoms with Crippen molar-refractivity contribution in [2.24, 2.45) is 0 Å². The van der Waals surface area contributed by atoms with Crippen molar-refractivity contribution in [1.82, 2.24) is 9.88 Å². The van der Waals surface area contributed by atoms with E-state index in [9.17, 15) is 4.79 Å². The normalized spacial score (nSPS) is 12.7. The third kappa shape index (κ3) is 4.04. The van der Waals surface area contributed by atoms with Crippen LogP contribution >= 0.6 is 0 Å². The van der Waals surface area contributed by atoms with Crippen molar-refractivity contribution in [3.63, 3.8) is 0 Å². The lowest BCUT2D eigenvalue weighted by Gasteiger charge is -2.22. The molecule has 1 aliphatic heterocycles. The molecular formula is C19H22N2O3. The van der Waals surface area contributed by atoms with Crippen molar-refractivity contribution in [1.29, 1.82) is 0 Å². The van der Waals surface area contributed by atoms with Crippen molar-refractivity contribution >= 4 is 5.91 Å². The molecule has 1 aromatic heterocycles. The molecule has 0 atom stereocenters. The van der Waals surface area contributed by atoms with Crippen molar-refractivity contribution < 1.29 is 14.3 Å². The molecule has 1 aromatic carbocycles. The summed E-state index contributed by atoms with van der Waals surface area (Å²) in [5.74, 6) is 1.61. The Labute approximate surface area is 142 Å². The minimum absolute atomic E-state index is 0.128. The second-order valence-corrected chi connectivity index (χ2v) is 5.73. The van der Waals surface area contributed by atoms with Gasteiger partial charge in [-0.2, -0.15) is 0 Å². The molecule has 1 amide bonds. The molecule has 126 valence electrons. The van der Waals surface area contributed by atoms with E-state index in [4.69, 9.17) is 9.47 Å². The Morgan fingerprint density at radius 1 is 1.08 bits per heavy atom. The lowest BCUT2D eigenvalue weighted by atomic mass is 10.1. The third-order valence-corrected chi connectivity index (χ3v) is 4.12. The van der Waals surface area contributed by atoms with Gasteiger partial charge in [-0.05, 0) is 48.7 Å². The van der Waals surface area contributed by atoms with Crippen LogP contribution < -0.4 is 9.47 Å². The maximum atomic E-state index is 12.6. The van der Waals surface area contributed by atoms with Gasteiger partial charge < -0.3 is 14.4 Å². The van der Waals surface area contributed by atoms with Crippen LogP contribution in [0.1, 0.15) is 18.1 Å². The van der Waals surface area contributed by atoms with Crippen LogP contribution in [0, 0.1) is 0 Å². The number of rotatable bonds is 6. The van der Waals surface area contributed by atoms with Crippen LogP contribution in [0.25, 0.3) is 0 Å². The molecule has 0 aliphatic carbocycles. The summed E-state index contributed by atoms with van der Waals surface area (Å²) in [5, 5.41) is 0. The van der Waals surface area contributed by atoms with E-state index in [1.54, 1.807) is 12.4 Å². The van der Waals surface area contributed by atoms with Gasteiger partial charge in [0.25, 0.3) is 0 Å². The minimum Gasteiger partial charge on any atom is -0.486 e. The van der Waals surface area contributed by atoms with Gasteiger partial charge in [0.1, 0.15) is 13.2 Å². The Morgan fingerprint density at radius 3 is 2.58 bits per heavy atom. The van der Waals surface area contributed by atoms with Gasteiger partial charge in [-0.3, -0.25) is 9.78 Å². The van der Waals surface area contributed by atoms with Crippen molar-refractivity contribution in [2.45, 2.75) is 19.8 Å². The summed E-state index contributed by atoms with van der Waals surface area (Å²) in [4.78, 5) is 18.5. The zero-order valence-electron chi connectivity index (χ0n) is 13.9. The average molecular weight is 326 g/mol. The molecule has 0 radical (unpaired) electrons. The summed E-state index contributed by atoms with van der Waals surface area (Å²) in [6.07, 6.45) is 4.77. The maximum Gasteiger partial charge on any atom is 0.226 e. The van der Waals surface area contributed by atoms with E-state index in [0.29, 0.717) is 32.7 Å². The smallest absolute Gasteiger partial charge is 0.226 e. The quantitative estimate of drug-likeness (QED) is 0.818. The highest BCUT2D eigenvalue weighted by atomic mass is 16.6. The highest BCUT2D eigenvalue weighted by Crippen LogP contribution is 2.30. The van der Waals surface area contributed by atoms with E-state index < -0.39 is 0 Å². The van der Waals surface area contributed by atoms with Gasteiger partial charge >= 0.3 is 0 Å². The second kappa shape index (κ2) is 7.81. The van der Waals surface area contributed by atoms with Gasteiger partial charge in [0.05, 0.1) is 6.42 Å². The number of likely N-dealkylation sites (N-methyl/N-ethyl adjacent to an activating group) is 1. The van der Waals surface area contributed by atoms with Gasteiger partial charge in [0.2, 0.25) is 5.91 Å². The molecule has 0 unspecified atom stereocenters. The number of amides is 1. The minimum atomic E-state index is 0.128. The molecule has 0 spiro atoms. The van der Waals surface area contributed by atoms with Crippen LogP contribution in [0.15, 0.2) is 42.7 Å². The molecule has 1 aliphatic rings. The van der Waals surface area contributed by atoms with Crippen LogP contribution in [0.4, 0.5) is 0 Å². The molecule has 2 heterocycles. The molecule has 0 saturated carbocycles. The first-order valence-electron chi connectivity index (χ1n) is 8.31. The van der Waals surface area contributed by atoms with Crippen molar-refractivity contribution in [3.05, 3.63) is 53.9 Å². The van der Waals surface area contributed by atoms with E-state index in [1.807, 2.05) is 42.2 Å². The molecule has 5 heteroatoms. The largest absolute Gasteiger partial charge is 0.486 e. The number of fused-ring (bicyclic) bond motifs is 1. The van der Waals surface area contributed by atoms with Crippen LogP contribution in [0.3, 0.4) is 0 Å². The Bertz CT molecular complexity index is 688. The zero-order chi connectivity index (χ0) is 16.8. The number of carbonyl (C=O) groups is 1. The molecular weight excluding hydrogens is 304 g/mol. The summed E-state index contributed by atoms with van der Waals surface area (Å²) in [5.41, 5.74) is 2.14. The molecule has 3 rings (SSSR count). The average Bonchev–Trinajstić information content (AvgIpc) is 2.63. The summed E-state index contributed by atoms with van der Waals surface area (Å²) in [6.45, 7) is 4.55. The molecule has 0 bridgehead atoms. The Balaban J connectivity index is 1.60. The first-order valence-corrected chi connectivity index (χ1v) is 8.31. The predicted octanol–water partition coefficient (Wildman–Crippen LogP) is 2.49. The Hall–Kier alpha value is -2.56. The number of carbonyl (C=O) groups excluding carboxylic acids is 1.